The molecule has 1 aliphatic rings. The van der Waals surface area contributed by atoms with Crippen molar-refractivity contribution in [2.24, 2.45) is 0 Å². The van der Waals surface area contributed by atoms with Crippen LogP contribution in [0.5, 0.6) is 0 Å². The molecule has 2 rings (SSSR count). The third-order valence-electron chi connectivity index (χ3n) is 3.34. The van der Waals surface area contributed by atoms with E-state index in [0.29, 0.717) is 6.54 Å². The minimum absolute atomic E-state index is 0.0881. The third-order valence-corrected chi connectivity index (χ3v) is 4.20. The molecule has 5 heteroatoms. The molecule has 0 saturated carbocycles. The van der Waals surface area contributed by atoms with Crippen LogP contribution >= 0.6 is 11.3 Å². The van der Waals surface area contributed by atoms with E-state index in [-0.39, 0.29) is 18.1 Å². The van der Waals surface area contributed by atoms with Gasteiger partial charge >= 0.3 is 0 Å². The molecule has 1 aliphatic heterocycles. The summed E-state index contributed by atoms with van der Waals surface area (Å²) < 4.78 is 5.28. The molecular formula is C13H20N2O2S. The zero-order chi connectivity index (χ0) is 13.0. The van der Waals surface area contributed by atoms with Gasteiger partial charge in [-0.1, -0.05) is 6.07 Å². The highest BCUT2D eigenvalue weighted by atomic mass is 32.1. The first-order chi connectivity index (χ1) is 8.74. The van der Waals surface area contributed by atoms with Crippen molar-refractivity contribution >= 4 is 17.2 Å². The van der Waals surface area contributed by atoms with Gasteiger partial charge < -0.3 is 15.0 Å². The number of thiophene rings is 1. The lowest BCUT2D eigenvalue weighted by Gasteiger charge is -2.23. The Morgan fingerprint density at radius 3 is 3.06 bits per heavy atom. The normalized spacial score (nSPS) is 23.2. The van der Waals surface area contributed by atoms with Crippen LogP contribution in [0.15, 0.2) is 17.5 Å². The summed E-state index contributed by atoms with van der Waals surface area (Å²) >= 11 is 1.69. The van der Waals surface area contributed by atoms with Crippen LogP contribution in [0.4, 0.5) is 0 Å². The van der Waals surface area contributed by atoms with E-state index in [4.69, 9.17) is 4.74 Å². The predicted molar refractivity (Wildman–Crippen MR) is 72.6 cm³/mol. The van der Waals surface area contributed by atoms with E-state index in [1.165, 1.54) is 4.88 Å². The largest absolute Gasteiger partial charge is 0.380 e. The topological polar surface area (TPSA) is 41.6 Å². The molecule has 1 fully saturated rings. The van der Waals surface area contributed by atoms with Crippen molar-refractivity contribution in [2.45, 2.75) is 32.0 Å². The second-order valence-electron chi connectivity index (χ2n) is 4.49. The molecule has 18 heavy (non-hydrogen) atoms. The first kappa shape index (κ1) is 13.5. The molecular weight excluding hydrogens is 248 g/mol. The maximum atomic E-state index is 12.4. The molecule has 2 atom stereocenters. The first-order valence-corrected chi connectivity index (χ1v) is 7.20. The van der Waals surface area contributed by atoms with Gasteiger partial charge in [0.2, 0.25) is 5.91 Å². The van der Waals surface area contributed by atoms with Crippen molar-refractivity contribution in [1.82, 2.24) is 10.2 Å². The van der Waals surface area contributed by atoms with Gasteiger partial charge in [-0.3, -0.25) is 4.79 Å². The summed E-state index contributed by atoms with van der Waals surface area (Å²) in [7, 11) is 1.70. The fourth-order valence-electron chi connectivity index (χ4n) is 2.23. The molecule has 0 spiro atoms. The molecule has 2 unspecified atom stereocenters. The van der Waals surface area contributed by atoms with Gasteiger partial charge in [-0.2, -0.15) is 0 Å². The Balaban J connectivity index is 1.93. The highest BCUT2D eigenvalue weighted by Gasteiger charge is 2.31. The summed E-state index contributed by atoms with van der Waals surface area (Å²) in [4.78, 5) is 15.5. The summed E-state index contributed by atoms with van der Waals surface area (Å²) in [5.74, 6) is 0.186. The second-order valence-corrected chi connectivity index (χ2v) is 5.52. The molecule has 1 amide bonds. The van der Waals surface area contributed by atoms with Crippen molar-refractivity contribution in [3.05, 3.63) is 22.4 Å². The van der Waals surface area contributed by atoms with Gasteiger partial charge in [-0.05, 0) is 24.8 Å². The van der Waals surface area contributed by atoms with Crippen LogP contribution in [0.1, 0.15) is 18.2 Å². The number of amides is 1. The van der Waals surface area contributed by atoms with Crippen LogP contribution in [0, 0.1) is 0 Å². The Hall–Kier alpha value is -0.910. The van der Waals surface area contributed by atoms with Crippen molar-refractivity contribution in [1.29, 1.82) is 0 Å². The molecule has 1 aromatic rings. The standard InChI is InChI=1S/C13H20N2O2S/c1-3-15(9-11-5-4-6-18-11)13(16)12-7-10(17-2)8-14-12/h4-6,10,12,14H,3,7-9H2,1-2H3. The van der Waals surface area contributed by atoms with Gasteiger partial charge in [0.25, 0.3) is 0 Å². The molecule has 1 aromatic heterocycles. The molecule has 2 heterocycles. The van der Waals surface area contributed by atoms with E-state index in [9.17, 15) is 4.79 Å². The van der Waals surface area contributed by atoms with E-state index < -0.39 is 0 Å². The third kappa shape index (κ3) is 3.10. The van der Waals surface area contributed by atoms with E-state index in [0.717, 1.165) is 19.5 Å². The number of hydrogen-bond acceptors (Lipinski definition) is 4. The maximum absolute atomic E-state index is 12.4. The molecule has 100 valence electrons. The molecule has 0 radical (unpaired) electrons. The Morgan fingerprint density at radius 2 is 2.50 bits per heavy atom. The fourth-order valence-corrected chi connectivity index (χ4v) is 2.95. The maximum Gasteiger partial charge on any atom is 0.240 e. The summed E-state index contributed by atoms with van der Waals surface area (Å²) in [6.07, 6.45) is 0.940. The number of methoxy groups -OCH3 is 1. The fraction of sp³-hybridized carbons (Fsp3) is 0.615. The SMILES string of the molecule is CCN(Cc1cccs1)C(=O)C1CC(OC)CN1. The second kappa shape index (κ2) is 6.31. The van der Waals surface area contributed by atoms with Crippen LogP contribution in [0.2, 0.25) is 0 Å². The minimum Gasteiger partial charge on any atom is -0.380 e. The zero-order valence-electron chi connectivity index (χ0n) is 10.9. The number of likely N-dealkylation sites (N-methyl/N-ethyl adjacent to an activating group) is 1. The summed E-state index contributed by atoms with van der Waals surface area (Å²) in [6, 6.07) is 4.00. The zero-order valence-corrected chi connectivity index (χ0v) is 11.7. The summed E-state index contributed by atoms with van der Waals surface area (Å²) in [5.41, 5.74) is 0. The molecule has 0 aromatic carbocycles. The number of carbonyl (C=O) groups is 1. The quantitative estimate of drug-likeness (QED) is 0.879. The van der Waals surface area contributed by atoms with E-state index in [1.807, 2.05) is 23.3 Å². The van der Waals surface area contributed by atoms with E-state index in [1.54, 1.807) is 18.4 Å². The van der Waals surface area contributed by atoms with Gasteiger partial charge in [0.15, 0.2) is 0 Å². The van der Waals surface area contributed by atoms with Gasteiger partial charge in [0.1, 0.15) is 0 Å². The Bertz CT molecular complexity index is 380. The first-order valence-electron chi connectivity index (χ1n) is 6.32. The van der Waals surface area contributed by atoms with Gasteiger partial charge in [-0.25, -0.2) is 0 Å². The average Bonchev–Trinajstić information content (AvgIpc) is 3.06. The van der Waals surface area contributed by atoms with Crippen LogP contribution in [0.25, 0.3) is 0 Å². The monoisotopic (exact) mass is 268 g/mol. The van der Waals surface area contributed by atoms with Crippen LogP contribution in [-0.2, 0) is 16.1 Å². The predicted octanol–water partition coefficient (Wildman–Crippen LogP) is 1.47. The summed E-state index contributed by atoms with van der Waals surface area (Å²) in [6.45, 7) is 4.24. The average molecular weight is 268 g/mol. The molecule has 0 aliphatic carbocycles. The Morgan fingerprint density at radius 1 is 1.67 bits per heavy atom. The van der Waals surface area contributed by atoms with Crippen LogP contribution in [-0.4, -0.2) is 43.2 Å². The van der Waals surface area contributed by atoms with Crippen molar-refractivity contribution < 1.29 is 9.53 Å². The van der Waals surface area contributed by atoms with Crippen LogP contribution in [0.3, 0.4) is 0 Å². The number of carbonyl (C=O) groups excluding carboxylic acids is 1. The molecule has 4 nitrogen and oxygen atoms in total. The lowest BCUT2D eigenvalue weighted by Crippen LogP contribution is -2.43. The number of nitrogens with one attached hydrogen (secondary N) is 1. The molecule has 1 N–H and O–H groups in total. The highest BCUT2D eigenvalue weighted by Crippen LogP contribution is 2.16. The van der Waals surface area contributed by atoms with Crippen molar-refractivity contribution in [2.75, 3.05) is 20.2 Å². The Labute approximate surface area is 112 Å². The lowest BCUT2D eigenvalue weighted by atomic mass is 10.1. The van der Waals surface area contributed by atoms with Crippen molar-refractivity contribution in [3.63, 3.8) is 0 Å². The summed E-state index contributed by atoms with van der Waals surface area (Å²) in [5, 5.41) is 5.28. The minimum atomic E-state index is -0.0881. The number of rotatable bonds is 5. The van der Waals surface area contributed by atoms with Crippen LogP contribution < -0.4 is 5.32 Å². The smallest absolute Gasteiger partial charge is 0.240 e. The van der Waals surface area contributed by atoms with E-state index in [2.05, 4.69) is 11.4 Å². The molecule has 1 saturated heterocycles. The van der Waals surface area contributed by atoms with Gasteiger partial charge in [0, 0.05) is 25.1 Å². The van der Waals surface area contributed by atoms with Crippen molar-refractivity contribution in [3.8, 4) is 0 Å². The highest BCUT2D eigenvalue weighted by molar-refractivity contribution is 7.09. The lowest BCUT2D eigenvalue weighted by molar-refractivity contribution is -0.133. The van der Waals surface area contributed by atoms with E-state index >= 15 is 0 Å². The van der Waals surface area contributed by atoms with Gasteiger partial charge in [-0.15, -0.1) is 11.3 Å². The number of nitrogens with zero attached hydrogens (tertiary/aromatic N) is 1. The Kier molecular flexibility index (Phi) is 4.74. The number of ether oxygens (including phenoxy) is 1. The number of hydrogen-bond donors (Lipinski definition) is 1. The van der Waals surface area contributed by atoms with Gasteiger partial charge in [0.05, 0.1) is 18.7 Å². The molecule has 0 bridgehead atoms.